The van der Waals surface area contributed by atoms with Crippen LogP contribution in [0.5, 0.6) is 5.75 Å². The Labute approximate surface area is 185 Å². The van der Waals surface area contributed by atoms with Crippen LogP contribution in [-0.4, -0.2) is 23.2 Å². The molecule has 0 aliphatic rings. The number of hydrogen-bond acceptors (Lipinski definition) is 5. The molecule has 1 N–H and O–H groups in total. The van der Waals surface area contributed by atoms with Crippen molar-refractivity contribution in [3.63, 3.8) is 0 Å². The van der Waals surface area contributed by atoms with Gasteiger partial charge < -0.3 is 4.74 Å². The number of anilines is 1. The quantitative estimate of drug-likeness (QED) is 0.320. The van der Waals surface area contributed by atoms with Crippen molar-refractivity contribution < 1.29 is 9.53 Å². The lowest BCUT2D eigenvalue weighted by Gasteiger charge is -2.07. The number of benzene rings is 3. The summed E-state index contributed by atoms with van der Waals surface area (Å²) in [6.07, 6.45) is 2.52. The first kappa shape index (κ1) is 20.5. The van der Waals surface area contributed by atoms with Crippen LogP contribution >= 0.6 is 11.3 Å². The molecule has 0 bridgehead atoms. The molecule has 0 radical (unpaired) electrons. The standard InChI is InChI=1S/C25H21N3O2S/c1-30-21-14-12-19(13-15-21)17-23-27-28-25(31-23)26-24(29)22(20-10-6-3-7-11-20)16-18-8-4-2-5-9-18/h2-16H,17H2,1H3,(H,26,28,29)/b22-16+. The molecule has 1 aromatic heterocycles. The molecule has 3 aromatic carbocycles. The normalized spacial score (nSPS) is 11.2. The summed E-state index contributed by atoms with van der Waals surface area (Å²) in [7, 11) is 1.64. The summed E-state index contributed by atoms with van der Waals surface area (Å²) in [5, 5.41) is 12.6. The fraction of sp³-hybridized carbons (Fsp3) is 0.0800. The van der Waals surface area contributed by atoms with Crippen molar-refractivity contribution in [2.45, 2.75) is 6.42 Å². The number of rotatable bonds is 7. The van der Waals surface area contributed by atoms with E-state index in [1.807, 2.05) is 91.0 Å². The zero-order valence-electron chi connectivity index (χ0n) is 17.0. The summed E-state index contributed by atoms with van der Waals surface area (Å²) in [5.74, 6) is 0.592. The highest BCUT2D eigenvalue weighted by Crippen LogP contribution is 2.24. The third kappa shape index (κ3) is 5.43. The van der Waals surface area contributed by atoms with Crippen LogP contribution in [0.2, 0.25) is 0 Å². The first-order chi connectivity index (χ1) is 15.2. The SMILES string of the molecule is COc1ccc(Cc2nnc(NC(=O)/C(=C/c3ccccc3)c3ccccc3)s2)cc1. The van der Waals surface area contributed by atoms with Crippen LogP contribution < -0.4 is 10.1 Å². The first-order valence-electron chi connectivity index (χ1n) is 9.80. The smallest absolute Gasteiger partial charge is 0.258 e. The lowest BCUT2D eigenvalue weighted by atomic mass is 10.0. The maximum Gasteiger partial charge on any atom is 0.258 e. The molecule has 1 amide bonds. The van der Waals surface area contributed by atoms with E-state index in [1.165, 1.54) is 11.3 Å². The van der Waals surface area contributed by atoms with Gasteiger partial charge in [0.15, 0.2) is 0 Å². The second kappa shape index (κ2) is 9.82. The molecule has 0 aliphatic carbocycles. The van der Waals surface area contributed by atoms with Crippen LogP contribution in [0.4, 0.5) is 5.13 Å². The number of ether oxygens (including phenoxy) is 1. The Bertz CT molecular complexity index is 1170. The molecule has 0 spiro atoms. The average molecular weight is 428 g/mol. The molecule has 0 fully saturated rings. The first-order valence-corrected chi connectivity index (χ1v) is 10.6. The minimum atomic E-state index is -0.220. The summed E-state index contributed by atoms with van der Waals surface area (Å²) in [4.78, 5) is 13.1. The van der Waals surface area contributed by atoms with E-state index in [0.717, 1.165) is 27.4 Å². The highest BCUT2D eigenvalue weighted by Gasteiger charge is 2.15. The van der Waals surface area contributed by atoms with Crippen LogP contribution in [0.1, 0.15) is 21.7 Å². The number of carbonyl (C=O) groups excluding carboxylic acids is 1. The molecule has 154 valence electrons. The minimum Gasteiger partial charge on any atom is -0.497 e. The van der Waals surface area contributed by atoms with Gasteiger partial charge in [0.1, 0.15) is 10.8 Å². The van der Waals surface area contributed by atoms with Crippen LogP contribution in [0.15, 0.2) is 84.9 Å². The van der Waals surface area contributed by atoms with Crippen molar-refractivity contribution >= 4 is 34.0 Å². The summed E-state index contributed by atoms with van der Waals surface area (Å²) in [6, 6.07) is 27.2. The Morgan fingerprint density at radius 3 is 2.29 bits per heavy atom. The summed E-state index contributed by atoms with van der Waals surface area (Å²) in [6.45, 7) is 0. The number of aromatic nitrogens is 2. The van der Waals surface area contributed by atoms with Crippen LogP contribution in [0.25, 0.3) is 11.6 Å². The van der Waals surface area contributed by atoms with Gasteiger partial charge in [0.25, 0.3) is 5.91 Å². The molecule has 5 nitrogen and oxygen atoms in total. The van der Waals surface area contributed by atoms with E-state index in [2.05, 4.69) is 15.5 Å². The Balaban J connectivity index is 1.52. The molecule has 0 atom stereocenters. The Morgan fingerprint density at radius 2 is 1.61 bits per heavy atom. The molecule has 4 rings (SSSR count). The molecule has 4 aromatic rings. The molecule has 1 heterocycles. The lowest BCUT2D eigenvalue weighted by Crippen LogP contribution is -2.13. The van der Waals surface area contributed by atoms with Gasteiger partial charge in [0, 0.05) is 12.0 Å². The van der Waals surface area contributed by atoms with Crippen molar-refractivity contribution in [2.24, 2.45) is 0 Å². The number of carbonyl (C=O) groups is 1. The van der Waals surface area contributed by atoms with E-state index in [0.29, 0.717) is 17.1 Å². The van der Waals surface area contributed by atoms with Crippen molar-refractivity contribution in [3.05, 3.63) is 107 Å². The van der Waals surface area contributed by atoms with E-state index < -0.39 is 0 Å². The second-order valence-electron chi connectivity index (χ2n) is 6.81. The van der Waals surface area contributed by atoms with Gasteiger partial charge in [0.05, 0.1) is 7.11 Å². The average Bonchev–Trinajstić information content (AvgIpc) is 3.25. The second-order valence-corrected chi connectivity index (χ2v) is 7.88. The van der Waals surface area contributed by atoms with E-state index in [4.69, 9.17) is 4.74 Å². The molecule has 0 saturated heterocycles. The van der Waals surface area contributed by atoms with E-state index >= 15 is 0 Å². The van der Waals surface area contributed by atoms with Gasteiger partial charge in [-0.05, 0) is 34.9 Å². The number of nitrogens with one attached hydrogen (secondary N) is 1. The molecule has 31 heavy (non-hydrogen) atoms. The van der Waals surface area contributed by atoms with E-state index in [1.54, 1.807) is 7.11 Å². The van der Waals surface area contributed by atoms with E-state index in [-0.39, 0.29) is 5.91 Å². The zero-order chi connectivity index (χ0) is 21.5. The predicted octanol–water partition coefficient (Wildman–Crippen LogP) is 5.32. The number of nitrogens with zero attached hydrogens (tertiary/aromatic N) is 2. The topological polar surface area (TPSA) is 64.1 Å². The number of hydrogen-bond donors (Lipinski definition) is 1. The zero-order valence-corrected chi connectivity index (χ0v) is 17.8. The van der Waals surface area contributed by atoms with Gasteiger partial charge in [-0.3, -0.25) is 10.1 Å². The highest BCUT2D eigenvalue weighted by molar-refractivity contribution is 7.15. The van der Waals surface area contributed by atoms with Crippen molar-refractivity contribution in [1.82, 2.24) is 10.2 Å². The molecule has 6 heteroatoms. The lowest BCUT2D eigenvalue weighted by molar-refractivity contribution is -0.111. The maximum atomic E-state index is 13.1. The van der Waals surface area contributed by atoms with Crippen molar-refractivity contribution in [2.75, 3.05) is 12.4 Å². The third-order valence-electron chi connectivity index (χ3n) is 4.64. The number of methoxy groups -OCH3 is 1. The Hall–Kier alpha value is -3.77. The predicted molar refractivity (Wildman–Crippen MR) is 125 cm³/mol. The van der Waals surface area contributed by atoms with Crippen molar-refractivity contribution in [3.8, 4) is 5.75 Å². The van der Waals surface area contributed by atoms with Crippen molar-refractivity contribution in [1.29, 1.82) is 0 Å². The maximum absolute atomic E-state index is 13.1. The Morgan fingerprint density at radius 1 is 0.935 bits per heavy atom. The molecular weight excluding hydrogens is 406 g/mol. The summed E-state index contributed by atoms with van der Waals surface area (Å²) < 4.78 is 5.19. The van der Waals surface area contributed by atoms with Gasteiger partial charge >= 0.3 is 0 Å². The van der Waals surface area contributed by atoms with Crippen LogP contribution in [0.3, 0.4) is 0 Å². The summed E-state index contributed by atoms with van der Waals surface area (Å²) >= 11 is 1.37. The van der Waals surface area contributed by atoms with Gasteiger partial charge in [0.2, 0.25) is 5.13 Å². The number of amides is 1. The van der Waals surface area contributed by atoms with Gasteiger partial charge in [-0.15, -0.1) is 10.2 Å². The molecule has 0 aliphatic heterocycles. The molecule has 0 unspecified atom stereocenters. The monoisotopic (exact) mass is 427 g/mol. The third-order valence-corrected chi connectivity index (χ3v) is 5.48. The Kier molecular flexibility index (Phi) is 6.50. The van der Waals surface area contributed by atoms with Gasteiger partial charge in [-0.1, -0.05) is 84.1 Å². The van der Waals surface area contributed by atoms with Crippen LogP contribution in [0, 0.1) is 0 Å². The van der Waals surface area contributed by atoms with E-state index in [9.17, 15) is 4.79 Å². The fourth-order valence-electron chi connectivity index (χ4n) is 3.07. The summed E-state index contributed by atoms with van der Waals surface area (Å²) in [5.41, 5.74) is 3.46. The minimum absolute atomic E-state index is 0.220. The van der Waals surface area contributed by atoms with Crippen LogP contribution in [-0.2, 0) is 11.2 Å². The molecule has 0 saturated carbocycles. The largest absolute Gasteiger partial charge is 0.497 e. The molecular formula is C25H21N3O2S. The fourth-order valence-corrected chi connectivity index (χ4v) is 3.84. The highest BCUT2D eigenvalue weighted by atomic mass is 32.1. The van der Waals surface area contributed by atoms with Gasteiger partial charge in [-0.25, -0.2) is 0 Å². The van der Waals surface area contributed by atoms with Gasteiger partial charge in [-0.2, -0.15) is 0 Å².